The number of para-hydroxylation sites is 1. The molecular formula is C14H16N4O3S. The maximum Gasteiger partial charge on any atom is 0.169 e. The van der Waals surface area contributed by atoms with E-state index < -0.39 is 9.84 Å². The van der Waals surface area contributed by atoms with Gasteiger partial charge in [-0.25, -0.2) is 8.42 Å². The quantitative estimate of drug-likeness (QED) is 0.836. The third kappa shape index (κ3) is 2.82. The summed E-state index contributed by atoms with van der Waals surface area (Å²) in [6, 6.07) is 8.55. The number of aromatic hydroxyl groups is 1. The monoisotopic (exact) mass is 320 g/mol. The van der Waals surface area contributed by atoms with Crippen LogP contribution in [0.25, 0.3) is 11.3 Å². The van der Waals surface area contributed by atoms with Gasteiger partial charge in [0.05, 0.1) is 22.9 Å². The van der Waals surface area contributed by atoms with Crippen molar-refractivity contribution in [2.45, 2.75) is 0 Å². The fourth-order valence-electron chi connectivity index (χ4n) is 2.42. The summed E-state index contributed by atoms with van der Waals surface area (Å²) >= 11 is 0. The van der Waals surface area contributed by atoms with Gasteiger partial charge < -0.3 is 15.7 Å². The number of aromatic nitrogens is 2. The van der Waals surface area contributed by atoms with Gasteiger partial charge in [-0.2, -0.15) is 0 Å². The number of sulfone groups is 1. The molecule has 0 atom stereocenters. The molecule has 1 aliphatic rings. The lowest BCUT2D eigenvalue weighted by Crippen LogP contribution is -2.40. The van der Waals surface area contributed by atoms with Crippen LogP contribution in [0.1, 0.15) is 0 Å². The van der Waals surface area contributed by atoms with Crippen molar-refractivity contribution in [2.75, 3.05) is 35.2 Å². The first kappa shape index (κ1) is 14.6. The van der Waals surface area contributed by atoms with E-state index >= 15 is 0 Å². The Morgan fingerprint density at radius 3 is 2.50 bits per heavy atom. The molecule has 0 spiro atoms. The molecule has 3 N–H and O–H groups in total. The molecule has 0 amide bonds. The maximum absolute atomic E-state index is 11.5. The summed E-state index contributed by atoms with van der Waals surface area (Å²) in [4.78, 5) is 1.88. The summed E-state index contributed by atoms with van der Waals surface area (Å²) in [5.41, 5.74) is 7.57. The Bertz CT molecular complexity index is 793. The van der Waals surface area contributed by atoms with Crippen LogP contribution in [0.15, 0.2) is 30.3 Å². The van der Waals surface area contributed by atoms with E-state index in [1.54, 1.807) is 30.3 Å². The van der Waals surface area contributed by atoms with E-state index in [4.69, 9.17) is 5.73 Å². The van der Waals surface area contributed by atoms with Crippen molar-refractivity contribution in [3.05, 3.63) is 30.3 Å². The second-order valence-corrected chi connectivity index (χ2v) is 7.46. The van der Waals surface area contributed by atoms with Crippen LogP contribution in [-0.2, 0) is 9.84 Å². The Hall–Kier alpha value is -2.35. The van der Waals surface area contributed by atoms with Crippen LogP contribution in [0.5, 0.6) is 5.75 Å². The summed E-state index contributed by atoms with van der Waals surface area (Å²) in [5.74, 6) is 0.550. The second kappa shape index (κ2) is 5.45. The molecule has 1 aromatic carbocycles. The molecule has 116 valence electrons. The second-order valence-electron chi connectivity index (χ2n) is 5.16. The fraction of sp³-hybridized carbons (Fsp3) is 0.286. The van der Waals surface area contributed by atoms with Crippen LogP contribution in [0.4, 0.5) is 11.5 Å². The molecule has 8 heteroatoms. The zero-order chi connectivity index (χ0) is 15.7. The fourth-order valence-corrected chi connectivity index (χ4v) is 3.62. The van der Waals surface area contributed by atoms with Gasteiger partial charge in [0.15, 0.2) is 15.7 Å². The first-order chi connectivity index (χ1) is 10.5. The highest BCUT2D eigenvalue weighted by molar-refractivity contribution is 7.91. The summed E-state index contributed by atoms with van der Waals surface area (Å²) < 4.78 is 23.1. The SMILES string of the molecule is Nc1nnc(-c2ccccc2O)cc1N1CCS(=O)(=O)CC1. The van der Waals surface area contributed by atoms with E-state index in [-0.39, 0.29) is 23.1 Å². The zero-order valence-electron chi connectivity index (χ0n) is 11.8. The van der Waals surface area contributed by atoms with Crippen molar-refractivity contribution >= 4 is 21.3 Å². The minimum atomic E-state index is -2.96. The number of phenols is 1. The highest BCUT2D eigenvalue weighted by atomic mass is 32.2. The Morgan fingerprint density at radius 2 is 1.82 bits per heavy atom. The van der Waals surface area contributed by atoms with Gasteiger partial charge in [0.1, 0.15) is 5.75 Å². The van der Waals surface area contributed by atoms with Crippen molar-refractivity contribution in [1.29, 1.82) is 0 Å². The van der Waals surface area contributed by atoms with Gasteiger partial charge in [-0.15, -0.1) is 10.2 Å². The zero-order valence-corrected chi connectivity index (χ0v) is 12.6. The first-order valence-electron chi connectivity index (χ1n) is 6.83. The molecule has 0 saturated carbocycles. The molecule has 1 fully saturated rings. The summed E-state index contributed by atoms with van der Waals surface area (Å²) in [7, 11) is -2.96. The van der Waals surface area contributed by atoms with Crippen LogP contribution < -0.4 is 10.6 Å². The largest absolute Gasteiger partial charge is 0.507 e. The number of nitrogen functional groups attached to an aromatic ring is 1. The molecule has 7 nitrogen and oxygen atoms in total. The number of benzene rings is 1. The van der Waals surface area contributed by atoms with Crippen LogP contribution in [-0.4, -0.2) is 48.3 Å². The van der Waals surface area contributed by atoms with Gasteiger partial charge in [0.25, 0.3) is 0 Å². The Kier molecular flexibility index (Phi) is 3.61. The molecule has 0 radical (unpaired) electrons. The van der Waals surface area contributed by atoms with Gasteiger partial charge in [0.2, 0.25) is 0 Å². The topological polar surface area (TPSA) is 109 Å². The lowest BCUT2D eigenvalue weighted by atomic mass is 10.1. The molecule has 1 aliphatic heterocycles. The molecule has 22 heavy (non-hydrogen) atoms. The molecule has 0 aliphatic carbocycles. The smallest absolute Gasteiger partial charge is 0.169 e. The highest BCUT2D eigenvalue weighted by Gasteiger charge is 2.24. The molecule has 3 rings (SSSR count). The average molecular weight is 320 g/mol. The van der Waals surface area contributed by atoms with Gasteiger partial charge >= 0.3 is 0 Å². The molecule has 0 bridgehead atoms. The Morgan fingerprint density at radius 1 is 1.14 bits per heavy atom. The number of hydrogen-bond acceptors (Lipinski definition) is 7. The number of anilines is 2. The third-order valence-electron chi connectivity index (χ3n) is 3.67. The van der Waals surface area contributed by atoms with Crippen LogP contribution >= 0.6 is 0 Å². The van der Waals surface area contributed by atoms with Gasteiger partial charge in [-0.1, -0.05) is 12.1 Å². The summed E-state index contributed by atoms with van der Waals surface area (Å²) in [6.07, 6.45) is 0. The van der Waals surface area contributed by atoms with Crippen molar-refractivity contribution < 1.29 is 13.5 Å². The lowest BCUT2D eigenvalue weighted by molar-refractivity contribution is 0.477. The predicted octanol–water partition coefficient (Wildman–Crippen LogP) is 0.666. The van der Waals surface area contributed by atoms with Gasteiger partial charge in [-0.3, -0.25) is 0 Å². The first-order valence-corrected chi connectivity index (χ1v) is 8.65. The van der Waals surface area contributed by atoms with E-state index in [0.29, 0.717) is 30.0 Å². The maximum atomic E-state index is 11.5. The third-order valence-corrected chi connectivity index (χ3v) is 5.28. The van der Waals surface area contributed by atoms with E-state index in [9.17, 15) is 13.5 Å². The number of nitrogens with two attached hydrogens (primary N) is 1. The van der Waals surface area contributed by atoms with Crippen molar-refractivity contribution in [3.63, 3.8) is 0 Å². The predicted molar refractivity (Wildman–Crippen MR) is 84.4 cm³/mol. The Balaban J connectivity index is 1.96. The van der Waals surface area contributed by atoms with Crippen LogP contribution in [0, 0.1) is 0 Å². The summed E-state index contributed by atoms with van der Waals surface area (Å²) in [5, 5.41) is 17.9. The molecule has 2 heterocycles. The van der Waals surface area contributed by atoms with E-state index in [1.165, 1.54) is 0 Å². The molecule has 0 unspecified atom stereocenters. The van der Waals surface area contributed by atoms with Crippen molar-refractivity contribution in [2.24, 2.45) is 0 Å². The molecular weight excluding hydrogens is 304 g/mol. The van der Waals surface area contributed by atoms with Crippen LogP contribution in [0.3, 0.4) is 0 Å². The van der Waals surface area contributed by atoms with Crippen LogP contribution in [0.2, 0.25) is 0 Å². The van der Waals surface area contributed by atoms with E-state index in [1.807, 2.05) is 4.90 Å². The number of hydrogen-bond donors (Lipinski definition) is 2. The number of nitrogens with zero attached hydrogens (tertiary/aromatic N) is 3. The lowest BCUT2D eigenvalue weighted by Gasteiger charge is -2.29. The van der Waals surface area contributed by atoms with Gasteiger partial charge in [-0.05, 0) is 18.2 Å². The average Bonchev–Trinajstić information content (AvgIpc) is 2.49. The number of phenolic OH excluding ortho intramolecular Hbond substituents is 1. The highest BCUT2D eigenvalue weighted by Crippen LogP contribution is 2.31. The number of rotatable bonds is 2. The Labute approximate surface area is 128 Å². The normalized spacial score (nSPS) is 17.4. The van der Waals surface area contributed by atoms with Gasteiger partial charge in [0, 0.05) is 18.7 Å². The minimum Gasteiger partial charge on any atom is -0.507 e. The minimum absolute atomic E-state index is 0.0979. The van der Waals surface area contributed by atoms with Crippen molar-refractivity contribution in [1.82, 2.24) is 10.2 Å². The standard InChI is InChI=1S/C14H16N4O3S/c15-14-12(18-5-7-22(20,21)8-6-18)9-11(16-17-14)10-3-1-2-4-13(10)19/h1-4,9,19H,5-8H2,(H2,15,17). The summed E-state index contributed by atoms with van der Waals surface area (Å²) in [6.45, 7) is 0.747. The molecule has 1 aromatic heterocycles. The van der Waals surface area contributed by atoms with E-state index in [2.05, 4.69) is 10.2 Å². The molecule has 2 aromatic rings. The molecule has 1 saturated heterocycles. The van der Waals surface area contributed by atoms with Crippen molar-refractivity contribution in [3.8, 4) is 17.0 Å². The van der Waals surface area contributed by atoms with E-state index in [0.717, 1.165) is 0 Å².